The first kappa shape index (κ1) is 21.9. The molecule has 0 aliphatic carbocycles. The first-order valence-electron chi connectivity index (χ1n) is 9.75. The molecule has 160 valence electrons. The second kappa shape index (κ2) is 9.34. The summed E-state index contributed by atoms with van der Waals surface area (Å²) in [5.74, 6) is 1.01. The maximum atomic E-state index is 12.6. The zero-order valence-corrected chi connectivity index (χ0v) is 18.2. The third kappa shape index (κ3) is 4.51. The minimum atomic E-state index is -0.321. The summed E-state index contributed by atoms with van der Waals surface area (Å²) in [6, 6.07) is 4.90. The van der Waals surface area contributed by atoms with Gasteiger partial charge < -0.3 is 18.9 Å². The summed E-state index contributed by atoms with van der Waals surface area (Å²) in [6.45, 7) is 6.30. The molecule has 30 heavy (non-hydrogen) atoms. The van der Waals surface area contributed by atoms with Crippen LogP contribution >= 0.6 is 11.6 Å². The summed E-state index contributed by atoms with van der Waals surface area (Å²) < 4.78 is 13.8. The molecule has 1 aromatic heterocycles. The summed E-state index contributed by atoms with van der Waals surface area (Å²) in [5.41, 5.74) is 1.19. The minimum absolute atomic E-state index is 0.0560. The Morgan fingerprint density at radius 3 is 2.83 bits per heavy atom. The Morgan fingerprint density at radius 1 is 1.40 bits per heavy atom. The monoisotopic (exact) mass is 432 g/mol. The van der Waals surface area contributed by atoms with Gasteiger partial charge in [0.05, 0.1) is 28.9 Å². The van der Waals surface area contributed by atoms with Gasteiger partial charge in [0.1, 0.15) is 25.2 Å². The molecule has 3 rings (SSSR count). The molecule has 0 bridgehead atoms. The molecule has 0 saturated heterocycles. The Hall–Kier alpha value is -2.80. The lowest BCUT2D eigenvalue weighted by atomic mass is 10.0. The van der Waals surface area contributed by atoms with Crippen molar-refractivity contribution in [3.8, 4) is 22.8 Å². The summed E-state index contributed by atoms with van der Waals surface area (Å²) in [4.78, 5) is 29.1. The van der Waals surface area contributed by atoms with Gasteiger partial charge in [0, 0.05) is 36.5 Å². The maximum absolute atomic E-state index is 12.6. The molecule has 0 spiro atoms. The highest BCUT2D eigenvalue weighted by molar-refractivity contribution is 6.32. The number of pyridine rings is 1. The van der Waals surface area contributed by atoms with Gasteiger partial charge in [-0.15, -0.1) is 0 Å². The quantitative estimate of drug-likeness (QED) is 0.281. The molecule has 1 atom stereocenters. The molecular weight excluding hydrogens is 408 g/mol. The van der Waals surface area contributed by atoms with E-state index in [1.54, 1.807) is 24.5 Å². The Bertz CT molecular complexity index is 1030. The smallest absolute Gasteiger partial charge is 0.192 e. The summed E-state index contributed by atoms with van der Waals surface area (Å²) >= 11 is 6.46. The number of oxime groups is 1. The van der Waals surface area contributed by atoms with Crippen molar-refractivity contribution < 1.29 is 19.1 Å². The fourth-order valence-corrected chi connectivity index (χ4v) is 3.61. The summed E-state index contributed by atoms with van der Waals surface area (Å²) in [5, 5.41) is 4.07. The van der Waals surface area contributed by atoms with Crippen LogP contribution in [0.1, 0.15) is 43.6 Å². The van der Waals surface area contributed by atoms with Gasteiger partial charge in [-0.1, -0.05) is 30.6 Å². The Morgan fingerprint density at radius 2 is 2.17 bits per heavy atom. The molecule has 0 amide bonds. The lowest BCUT2D eigenvalue weighted by Crippen LogP contribution is -2.25. The largest absolute Gasteiger partial charge is 0.492 e. The first-order chi connectivity index (χ1) is 14.3. The van der Waals surface area contributed by atoms with Crippen LogP contribution in [0, 0.1) is 5.92 Å². The van der Waals surface area contributed by atoms with Crippen LogP contribution in [0.3, 0.4) is 0 Å². The fourth-order valence-electron chi connectivity index (χ4n) is 3.39. The number of fused-ring (bicyclic) bond motifs is 3. The number of carbonyl (C=O) groups is 1. The van der Waals surface area contributed by atoms with Crippen molar-refractivity contribution in [2.75, 3.05) is 20.3 Å². The molecule has 8 heteroatoms. The molecule has 1 unspecified atom stereocenters. The van der Waals surface area contributed by atoms with Crippen molar-refractivity contribution >= 4 is 23.6 Å². The highest BCUT2D eigenvalue weighted by Gasteiger charge is 2.27. The average molecular weight is 433 g/mol. The van der Waals surface area contributed by atoms with Crippen LogP contribution in [-0.2, 0) is 4.84 Å². The SMILES string of the molecule is CO/N=C/CCOc1cc2c(cc1Cl)-c1cc(=O)c(C(C)=O)cn1C(C(C)C)CO2. The van der Waals surface area contributed by atoms with Gasteiger partial charge in [0.25, 0.3) is 0 Å². The van der Waals surface area contributed by atoms with E-state index in [9.17, 15) is 9.59 Å². The van der Waals surface area contributed by atoms with Crippen LogP contribution in [0.4, 0.5) is 0 Å². The van der Waals surface area contributed by atoms with Crippen molar-refractivity contribution in [3.63, 3.8) is 0 Å². The van der Waals surface area contributed by atoms with Crippen LogP contribution in [-0.4, -0.2) is 36.9 Å². The van der Waals surface area contributed by atoms with Gasteiger partial charge in [-0.2, -0.15) is 0 Å². The molecule has 2 heterocycles. The molecule has 1 aromatic carbocycles. The van der Waals surface area contributed by atoms with E-state index < -0.39 is 0 Å². The van der Waals surface area contributed by atoms with Crippen molar-refractivity contribution in [1.29, 1.82) is 0 Å². The van der Waals surface area contributed by atoms with E-state index in [4.69, 9.17) is 21.1 Å². The lowest BCUT2D eigenvalue weighted by Gasteiger charge is -2.24. The van der Waals surface area contributed by atoms with E-state index in [2.05, 4.69) is 23.8 Å². The number of hydrogen-bond donors (Lipinski definition) is 0. The Kier molecular flexibility index (Phi) is 6.82. The number of hydrogen-bond acceptors (Lipinski definition) is 6. The zero-order valence-electron chi connectivity index (χ0n) is 17.5. The third-order valence-corrected chi connectivity index (χ3v) is 5.29. The van der Waals surface area contributed by atoms with Crippen molar-refractivity contribution in [2.45, 2.75) is 33.2 Å². The molecule has 1 aliphatic heterocycles. The van der Waals surface area contributed by atoms with Gasteiger partial charge in [-0.25, -0.2) is 0 Å². The second-order valence-electron chi connectivity index (χ2n) is 7.41. The van der Waals surface area contributed by atoms with E-state index in [1.165, 1.54) is 20.1 Å². The number of ketones is 1. The number of halogens is 1. The minimum Gasteiger partial charge on any atom is -0.492 e. The predicted octanol–water partition coefficient (Wildman–Crippen LogP) is 4.36. The number of rotatable bonds is 7. The standard InChI is InChI=1S/C22H25ClN2O5/c1-13(2)19-12-30-21-10-22(29-7-5-6-24-28-4)17(23)8-15(21)18-9-20(27)16(14(3)26)11-25(18)19/h6,8-11,13,19H,5,7,12H2,1-4H3/b24-6+. The van der Waals surface area contributed by atoms with E-state index >= 15 is 0 Å². The fraction of sp³-hybridized carbons (Fsp3) is 0.409. The molecule has 0 saturated carbocycles. The highest BCUT2D eigenvalue weighted by Crippen LogP contribution is 2.42. The second-order valence-corrected chi connectivity index (χ2v) is 7.82. The number of carbonyl (C=O) groups excluding carboxylic acids is 1. The van der Waals surface area contributed by atoms with Crippen molar-refractivity contribution in [3.05, 3.63) is 45.2 Å². The summed E-state index contributed by atoms with van der Waals surface area (Å²) in [7, 11) is 1.48. The number of nitrogens with zero attached hydrogens (tertiary/aromatic N) is 2. The van der Waals surface area contributed by atoms with Gasteiger partial charge in [0.2, 0.25) is 0 Å². The van der Waals surface area contributed by atoms with Crippen LogP contribution in [0.2, 0.25) is 5.02 Å². The number of Topliss-reactive ketones (excluding diaryl/α,β-unsaturated/α-hetero) is 1. The molecule has 2 aromatic rings. The average Bonchev–Trinajstić information content (AvgIpc) is 2.83. The number of ether oxygens (including phenoxy) is 2. The number of benzene rings is 1. The topological polar surface area (TPSA) is 79.1 Å². The van der Waals surface area contributed by atoms with E-state index in [0.29, 0.717) is 47.4 Å². The van der Waals surface area contributed by atoms with Crippen molar-refractivity contribution in [2.24, 2.45) is 11.1 Å². The van der Waals surface area contributed by atoms with Gasteiger partial charge in [-0.05, 0) is 18.9 Å². The molecule has 0 radical (unpaired) electrons. The molecule has 0 fully saturated rings. The summed E-state index contributed by atoms with van der Waals surface area (Å²) in [6.07, 6.45) is 3.80. The Labute approximate surface area is 180 Å². The van der Waals surface area contributed by atoms with Crippen LogP contribution in [0.25, 0.3) is 11.3 Å². The predicted molar refractivity (Wildman–Crippen MR) is 116 cm³/mol. The third-order valence-electron chi connectivity index (χ3n) is 4.99. The first-order valence-corrected chi connectivity index (χ1v) is 10.1. The van der Waals surface area contributed by atoms with Gasteiger partial charge in [-0.3, -0.25) is 9.59 Å². The number of aromatic nitrogens is 1. The van der Waals surface area contributed by atoms with Crippen molar-refractivity contribution in [1.82, 2.24) is 4.57 Å². The van der Waals surface area contributed by atoms with E-state index in [1.807, 2.05) is 4.57 Å². The van der Waals surface area contributed by atoms with E-state index in [-0.39, 0.29) is 28.7 Å². The molecule has 1 aliphatic rings. The zero-order chi connectivity index (χ0) is 21.8. The highest BCUT2D eigenvalue weighted by atomic mass is 35.5. The normalized spacial score (nSPS) is 15.3. The molecule has 7 nitrogen and oxygen atoms in total. The van der Waals surface area contributed by atoms with Crippen LogP contribution in [0.5, 0.6) is 11.5 Å². The van der Waals surface area contributed by atoms with E-state index in [0.717, 1.165) is 0 Å². The molecular formula is C22H25ClN2O5. The van der Waals surface area contributed by atoms with Gasteiger partial charge >= 0.3 is 0 Å². The van der Waals surface area contributed by atoms with Crippen LogP contribution < -0.4 is 14.9 Å². The lowest BCUT2D eigenvalue weighted by molar-refractivity contribution is 0.101. The molecule has 0 N–H and O–H groups in total. The maximum Gasteiger partial charge on any atom is 0.192 e. The van der Waals surface area contributed by atoms with Crippen LogP contribution in [0.15, 0.2) is 34.3 Å². The van der Waals surface area contributed by atoms with Gasteiger partial charge in [0.15, 0.2) is 11.2 Å². The Balaban J connectivity index is 2.05.